The van der Waals surface area contributed by atoms with Crippen LogP contribution < -0.4 is 0 Å². The van der Waals surface area contributed by atoms with E-state index >= 15 is 0 Å². The van der Waals surface area contributed by atoms with Crippen LogP contribution in [0.4, 0.5) is 4.39 Å². The summed E-state index contributed by atoms with van der Waals surface area (Å²) in [7, 11) is 0. The second-order valence-electron chi connectivity index (χ2n) is 3.90. The minimum atomic E-state index is -0.302. The number of rotatable bonds is 3. The molecule has 2 rings (SSSR count). The summed E-state index contributed by atoms with van der Waals surface area (Å²) in [6.45, 7) is 4.60. The van der Waals surface area contributed by atoms with Crippen molar-refractivity contribution < 1.29 is 4.39 Å². The molecule has 0 bridgehead atoms. The highest BCUT2D eigenvalue weighted by atomic mass is 79.9. The Labute approximate surface area is 119 Å². The van der Waals surface area contributed by atoms with Crippen LogP contribution in [0.3, 0.4) is 0 Å². The summed E-state index contributed by atoms with van der Waals surface area (Å²) in [6, 6.07) is 4.95. The van der Waals surface area contributed by atoms with E-state index in [0.717, 1.165) is 12.1 Å². The quantitative estimate of drug-likeness (QED) is 0.798. The van der Waals surface area contributed by atoms with E-state index in [1.807, 2.05) is 13.8 Å². The maximum atomic E-state index is 14.0. The Morgan fingerprint density at radius 2 is 2.11 bits per heavy atom. The third-order valence-corrected chi connectivity index (χ3v) is 3.67. The van der Waals surface area contributed by atoms with Crippen LogP contribution in [0.15, 0.2) is 22.7 Å². The predicted molar refractivity (Wildman–Crippen MR) is 75.4 cm³/mol. The summed E-state index contributed by atoms with van der Waals surface area (Å²) >= 11 is 9.54. The number of hydrogen-bond acceptors (Lipinski definition) is 1. The third kappa shape index (κ3) is 2.31. The van der Waals surface area contributed by atoms with Crippen LogP contribution in [0.25, 0.3) is 11.3 Å². The summed E-state index contributed by atoms with van der Waals surface area (Å²) in [5, 5.41) is 4.94. The number of hydrogen-bond donors (Lipinski definition) is 0. The molecule has 0 spiro atoms. The van der Waals surface area contributed by atoms with E-state index in [4.69, 9.17) is 11.6 Å². The highest BCUT2D eigenvalue weighted by Crippen LogP contribution is 2.33. The summed E-state index contributed by atoms with van der Waals surface area (Å²) < 4.78 is 16.5. The second kappa shape index (κ2) is 5.41. The SMILES string of the molecule is CCc1nn(CC)c(-c2ccc(Br)cc2F)c1Cl. The Kier molecular flexibility index (Phi) is 4.07. The number of nitrogens with zero attached hydrogens (tertiary/aromatic N) is 2. The van der Waals surface area contributed by atoms with Gasteiger partial charge in [0.25, 0.3) is 0 Å². The van der Waals surface area contributed by atoms with Gasteiger partial charge < -0.3 is 0 Å². The largest absolute Gasteiger partial charge is 0.263 e. The Bertz CT molecular complexity index is 581. The van der Waals surface area contributed by atoms with Crippen LogP contribution in [0, 0.1) is 5.82 Å². The summed E-state index contributed by atoms with van der Waals surface area (Å²) in [5.41, 5.74) is 1.94. The van der Waals surface area contributed by atoms with E-state index in [1.165, 1.54) is 6.07 Å². The molecule has 0 amide bonds. The van der Waals surface area contributed by atoms with E-state index in [1.54, 1.807) is 16.8 Å². The maximum absolute atomic E-state index is 14.0. The van der Waals surface area contributed by atoms with E-state index in [0.29, 0.717) is 27.3 Å². The second-order valence-corrected chi connectivity index (χ2v) is 5.20. The molecule has 2 nitrogen and oxygen atoms in total. The van der Waals surface area contributed by atoms with E-state index in [9.17, 15) is 4.39 Å². The average molecular weight is 332 g/mol. The molecule has 0 saturated carbocycles. The van der Waals surface area contributed by atoms with Gasteiger partial charge in [0.05, 0.1) is 16.4 Å². The zero-order chi connectivity index (χ0) is 13.3. The van der Waals surface area contributed by atoms with Crippen molar-refractivity contribution in [3.05, 3.63) is 39.2 Å². The normalized spacial score (nSPS) is 10.9. The molecule has 5 heteroatoms. The van der Waals surface area contributed by atoms with Gasteiger partial charge in [-0.05, 0) is 31.5 Å². The van der Waals surface area contributed by atoms with Crippen LogP contribution in [-0.2, 0) is 13.0 Å². The minimum absolute atomic E-state index is 0.302. The molecule has 0 aliphatic heterocycles. The smallest absolute Gasteiger partial charge is 0.133 e. The first kappa shape index (κ1) is 13.6. The summed E-state index contributed by atoms with van der Waals surface area (Å²) in [5.74, 6) is -0.302. The van der Waals surface area contributed by atoms with Gasteiger partial charge in [-0.25, -0.2) is 4.39 Å². The standard InChI is InChI=1S/C13H13BrClFN2/c1-3-11-12(15)13(18(4-2)17-11)9-6-5-8(14)7-10(9)16/h5-7H,3-4H2,1-2H3. The molecule has 0 unspecified atom stereocenters. The third-order valence-electron chi connectivity index (χ3n) is 2.78. The number of aryl methyl sites for hydroxylation is 2. The first-order chi connectivity index (χ1) is 8.58. The van der Waals surface area contributed by atoms with E-state index in [-0.39, 0.29) is 5.82 Å². The molecule has 0 atom stereocenters. The first-order valence-corrected chi connectivity index (χ1v) is 6.96. The predicted octanol–water partition coefficient (Wildman–Crippen LogP) is 4.69. The average Bonchev–Trinajstić information content (AvgIpc) is 2.66. The van der Waals surface area contributed by atoms with Gasteiger partial charge >= 0.3 is 0 Å². The van der Waals surface area contributed by atoms with Crippen LogP contribution in [0.2, 0.25) is 5.02 Å². The van der Waals surface area contributed by atoms with Gasteiger partial charge in [0.1, 0.15) is 5.82 Å². The van der Waals surface area contributed by atoms with Gasteiger partial charge in [0, 0.05) is 16.6 Å². The Morgan fingerprint density at radius 1 is 1.39 bits per heavy atom. The topological polar surface area (TPSA) is 17.8 Å². The fourth-order valence-corrected chi connectivity index (χ4v) is 2.59. The van der Waals surface area contributed by atoms with Gasteiger partial charge in [0.2, 0.25) is 0 Å². The van der Waals surface area contributed by atoms with Crippen LogP contribution in [-0.4, -0.2) is 9.78 Å². The van der Waals surface area contributed by atoms with Crippen LogP contribution in [0.1, 0.15) is 19.5 Å². The number of halogens is 3. The molecule has 1 heterocycles. The van der Waals surface area contributed by atoms with Crippen molar-refractivity contribution in [2.75, 3.05) is 0 Å². The highest BCUT2D eigenvalue weighted by Gasteiger charge is 2.18. The Hall–Kier alpha value is -0.870. The van der Waals surface area contributed by atoms with Gasteiger partial charge in [-0.15, -0.1) is 0 Å². The Balaban J connectivity index is 2.66. The van der Waals surface area contributed by atoms with Gasteiger partial charge in [-0.2, -0.15) is 5.10 Å². The van der Waals surface area contributed by atoms with Crippen LogP contribution in [0.5, 0.6) is 0 Å². The molecule has 0 fully saturated rings. The molecule has 0 aliphatic carbocycles. The molecule has 1 aromatic heterocycles. The lowest BCUT2D eigenvalue weighted by molar-refractivity contribution is 0.619. The molecule has 0 aliphatic rings. The molecular weight excluding hydrogens is 319 g/mol. The lowest BCUT2D eigenvalue weighted by atomic mass is 10.1. The van der Waals surface area contributed by atoms with Crippen LogP contribution >= 0.6 is 27.5 Å². The van der Waals surface area contributed by atoms with Crippen molar-refractivity contribution in [2.24, 2.45) is 0 Å². The van der Waals surface area contributed by atoms with E-state index < -0.39 is 0 Å². The van der Waals surface area contributed by atoms with Crippen molar-refractivity contribution in [1.29, 1.82) is 0 Å². The monoisotopic (exact) mass is 330 g/mol. The fourth-order valence-electron chi connectivity index (χ4n) is 1.88. The van der Waals surface area contributed by atoms with Crippen molar-refractivity contribution in [3.8, 4) is 11.3 Å². The highest BCUT2D eigenvalue weighted by molar-refractivity contribution is 9.10. The molecule has 0 N–H and O–H groups in total. The zero-order valence-corrected chi connectivity index (χ0v) is 12.5. The molecule has 96 valence electrons. The van der Waals surface area contributed by atoms with E-state index in [2.05, 4.69) is 21.0 Å². The zero-order valence-electron chi connectivity index (χ0n) is 10.2. The molecular formula is C13H13BrClFN2. The van der Waals surface area contributed by atoms with Gasteiger partial charge in [-0.1, -0.05) is 34.5 Å². The fraction of sp³-hybridized carbons (Fsp3) is 0.308. The van der Waals surface area contributed by atoms with Gasteiger partial charge in [-0.3, -0.25) is 4.68 Å². The number of benzene rings is 1. The maximum Gasteiger partial charge on any atom is 0.133 e. The Morgan fingerprint density at radius 3 is 2.67 bits per heavy atom. The lowest BCUT2D eigenvalue weighted by Gasteiger charge is -2.07. The van der Waals surface area contributed by atoms with Crippen molar-refractivity contribution >= 4 is 27.5 Å². The van der Waals surface area contributed by atoms with Gasteiger partial charge in [0.15, 0.2) is 0 Å². The molecule has 18 heavy (non-hydrogen) atoms. The lowest BCUT2D eigenvalue weighted by Crippen LogP contribution is -2.00. The van der Waals surface area contributed by atoms with Crippen molar-refractivity contribution in [1.82, 2.24) is 9.78 Å². The summed E-state index contributed by atoms with van der Waals surface area (Å²) in [4.78, 5) is 0. The molecule has 0 radical (unpaired) electrons. The first-order valence-electron chi connectivity index (χ1n) is 5.79. The van der Waals surface area contributed by atoms with Crippen molar-refractivity contribution in [3.63, 3.8) is 0 Å². The number of aromatic nitrogens is 2. The minimum Gasteiger partial charge on any atom is -0.263 e. The molecule has 2 aromatic rings. The molecule has 0 saturated heterocycles. The summed E-state index contributed by atoms with van der Waals surface area (Å²) in [6.07, 6.45) is 0.733. The molecule has 1 aromatic carbocycles. The van der Waals surface area contributed by atoms with Crippen molar-refractivity contribution in [2.45, 2.75) is 26.8 Å².